The van der Waals surface area contributed by atoms with Crippen LogP contribution in [0.25, 0.3) is 0 Å². The number of rotatable bonds is 4. The summed E-state index contributed by atoms with van der Waals surface area (Å²) in [6.45, 7) is 2.72. The van der Waals surface area contributed by atoms with Crippen LogP contribution in [0.2, 0.25) is 0 Å². The van der Waals surface area contributed by atoms with Gasteiger partial charge in [0, 0.05) is 25.6 Å². The van der Waals surface area contributed by atoms with Gasteiger partial charge < -0.3 is 10.6 Å². The largest absolute Gasteiger partial charge is 0.354 e. The second-order valence-electron chi connectivity index (χ2n) is 5.35. The third-order valence-corrected chi connectivity index (χ3v) is 4.06. The van der Waals surface area contributed by atoms with E-state index in [9.17, 15) is 0 Å². The summed E-state index contributed by atoms with van der Waals surface area (Å²) in [7, 11) is 2.02. The molecule has 1 fully saturated rings. The number of nitrogens with two attached hydrogens (primary N) is 1. The minimum Gasteiger partial charge on any atom is -0.354 e. The van der Waals surface area contributed by atoms with Crippen molar-refractivity contribution in [3.8, 4) is 0 Å². The second-order valence-corrected chi connectivity index (χ2v) is 5.35. The first-order valence-corrected chi connectivity index (χ1v) is 6.99. The Hall–Kier alpha value is -1.16. The highest BCUT2D eigenvalue weighted by Crippen LogP contribution is 2.31. The summed E-state index contributed by atoms with van der Waals surface area (Å²) in [6, 6.07) is 4.50. The molecule has 0 saturated heterocycles. The predicted octanol–water partition coefficient (Wildman–Crippen LogP) is 2.31. The monoisotopic (exact) mass is 248 g/mol. The van der Waals surface area contributed by atoms with E-state index < -0.39 is 0 Å². The van der Waals surface area contributed by atoms with Crippen molar-refractivity contribution in [2.75, 3.05) is 18.5 Å². The average molecular weight is 248 g/mol. The minimum absolute atomic E-state index is 0.292. The molecule has 0 aromatic carbocycles. The lowest BCUT2D eigenvalue weighted by molar-refractivity contribution is 0.434. The quantitative estimate of drug-likeness (QED) is 0.888. The van der Waals surface area contributed by atoms with Gasteiger partial charge in [0.05, 0.1) is 5.69 Å². The first-order valence-electron chi connectivity index (χ1n) is 6.99. The van der Waals surface area contributed by atoms with Gasteiger partial charge in [0.1, 0.15) is 0 Å². The third-order valence-electron chi connectivity index (χ3n) is 4.06. The maximum Gasteiger partial charge on any atom is 0.151 e. The minimum atomic E-state index is 0.292. The SMILES string of the molecule is CC(CN)N(C)c1ccc(C2CCCCC2)nn1. The highest BCUT2D eigenvalue weighted by Gasteiger charge is 2.18. The highest BCUT2D eigenvalue weighted by molar-refractivity contribution is 5.37. The van der Waals surface area contributed by atoms with Crippen LogP contribution in [0, 0.1) is 0 Å². The summed E-state index contributed by atoms with van der Waals surface area (Å²) in [5.41, 5.74) is 6.83. The maximum atomic E-state index is 5.67. The van der Waals surface area contributed by atoms with Crippen molar-refractivity contribution in [2.24, 2.45) is 5.73 Å². The van der Waals surface area contributed by atoms with Gasteiger partial charge in [-0.2, -0.15) is 5.10 Å². The fraction of sp³-hybridized carbons (Fsp3) is 0.714. The molecule has 1 saturated carbocycles. The van der Waals surface area contributed by atoms with Crippen molar-refractivity contribution in [1.82, 2.24) is 10.2 Å². The average Bonchev–Trinajstić information content (AvgIpc) is 2.47. The summed E-state index contributed by atoms with van der Waals surface area (Å²) in [6.07, 6.45) is 6.57. The van der Waals surface area contributed by atoms with Gasteiger partial charge in [0.25, 0.3) is 0 Å². The summed E-state index contributed by atoms with van der Waals surface area (Å²) < 4.78 is 0. The van der Waals surface area contributed by atoms with Gasteiger partial charge in [0.2, 0.25) is 0 Å². The zero-order valence-electron chi connectivity index (χ0n) is 11.5. The maximum absolute atomic E-state index is 5.67. The van der Waals surface area contributed by atoms with Gasteiger partial charge >= 0.3 is 0 Å². The van der Waals surface area contributed by atoms with Gasteiger partial charge in [-0.1, -0.05) is 19.3 Å². The molecule has 2 rings (SSSR count). The zero-order valence-corrected chi connectivity index (χ0v) is 11.5. The molecule has 0 radical (unpaired) electrons. The molecule has 0 spiro atoms. The molecular formula is C14H24N4. The molecule has 1 aromatic heterocycles. The molecule has 18 heavy (non-hydrogen) atoms. The summed E-state index contributed by atoms with van der Waals surface area (Å²) in [4.78, 5) is 2.08. The van der Waals surface area contributed by atoms with E-state index in [1.165, 1.54) is 32.1 Å². The first-order chi connectivity index (χ1) is 8.72. The van der Waals surface area contributed by atoms with E-state index >= 15 is 0 Å². The Bertz CT molecular complexity index is 336. The van der Waals surface area contributed by atoms with E-state index in [1.54, 1.807) is 0 Å². The number of aromatic nitrogens is 2. The number of hydrogen-bond donors (Lipinski definition) is 1. The number of anilines is 1. The third kappa shape index (κ3) is 2.99. The van der Waals surface area contributed by atoms with E-state index in [1.807, 2.05) is 7.05 Å². The van der Waals surface area contributed by atoms with Crippen LogP contribution in [0.5, 0.6) is 0 Å². The predicted molar refractivity (Wildman–Crippen MR) is 74.8 cm³/mol. The zero-order chi connectivity index (χ0) is 13.0. The topological polar surface area (TPSA) is 55.0 Å². The Morgan fingerprint density at radius 2 is 2.00 bits per heavy atom. The summed E-state index contributed by atoms with van der Waals surface area (Å²) >= 11 is 0. The van der Waals surface area contributed by atoms with Crippen molar-refractivity contribution in [2.45, 2.75) is 51.0 Å². The van der Waals surface area contributed by atoms with Crippen LogP contribution in [-0.4, -0.2) is 29.8 Å². The first kappa shape index (κ1) is 13.3. The van der Waals surface area contributed by atoms with Crippen LogP contribution in [0.4, 0.5) is 5.82 Å². The molecule has 0 bridgehead atoms. The molecule has 1 atom stereocenters. The van der Waals surface area contributed by atoms with Crippen molar-refractivity contribution in [3.63, 3.8) is 0 Å². The normalized spacial score (nSPS) is 18.6. The molecule has 0 amide bonds. The second kappa shape index (κ2) is 6.14. The molecule has 4 nitrogen and oxygen atoms in total. The molecule has 1 heterocycles. The molecular weight excluding hydrogens is 224 g/mol. The highest BCUT2D eigenvalue weighted by atomic mass is 15.3. The van der Waals surface area contributed by atoms with Gasteiger partial charge in [-0.3, -0.25) is 0 Å². The Labute approximate surface area is 110 Å². The van der Waals surface area contributed by atoms with Gasteiger partial charge in [0.15, 0.2) is 5.82 Å². The molecule has 2 N–H and O–H groups in total. The van der Waals surface area contributed by atoms with Crippen LogP contribution in [0.1, 0.15) is 50.6 Å². The summed E-state index contributed by atoms with van der Waals surface area (Å²) in [5.74, 6) is 1.53. The van der Waals surface area contributed by atoms with Crippen LogP contribution >= 0.6 is 0 Å². The van der Waals surface area contributed by atoms with Crippen LogP contribution in [-0.2, 0) is 0 Å². The van der Waals surface area contributed by atoms with Crippen LogP contribution in [0.3, 0.4) is 0 Å². The van der Waals surface area contributed by atoms with E-state index in [4.69, 9.17) is 5.73 Å². The van der Waals surface area contributed by atoms with E-state index in [2.05, 4.69) is 34.2 Å². The lowest BCUT2D eigenvalue weighted by Gasteiger charge is -2.25. The lowest BCUT2D eigenvalue weighted by Crippen LogP contribution is -2.35. The lowest BCUT2D eigenvalue weighted by atomic mass is 9.87. The Balaban J connectivity index is 2.04. The van der Waals surface area contributed by atoms with Crippen molar-refractivity contribution >= 4 is 5.82 Å². The standard InChI is InChI=1S/C14H24N4/c1-11(10-15)18(2)14-9-8-13(16-17-14)12-6-4-3-5-7-12/h8-9,11-12H,3-7,10,15H2,1-2H3. The molecule has 4 heteroatoms. The number of nitrogens with zero attached hydrogens (tertiary/aromatic N) is 3. The number of hydrogen-bond acceptors (Lipinski definition) is 4. The van der Waals surface area contributed by atoms with Crippen molar-refractivity contribution in [3.05, 3.63) is 17.8 Å². The van der Waals surface area contributed by atoms with Crippen molar-refractivity contribution < 1.29 is 0 Å². The molecule has 0 aliphatic heterocycles. The fourth-order valence-electron chi connectivity index (χ4n) is 2.52. The van der Waals surface area contributed by atoms with E-state index in [0.29, 0.717) is 18.5 Å². The van der Waals surface area contributed by atoms with Gasteiger partial charge in [-0.05, 0) is 31.9 Å². The van der Waals surface area contributed by atoms with Crippen molar-refractivity contribution in [1.29, 1.82) is 0 Å². The Kier molecular flexibility index (Phi) is 4.53. The molecule has 1 unspecified atom stereocenters. The summed E-state index contributed by atoms with van der Waals surface area (Å²) in [5, 5.41) is 8.75. The van der Waals surface area contributed by atoms with Gasteiger partial charge in [-0.15, -0.1) is 5.10 Å². The van der Waals surface area contributed by atoms with E-state index in [-0.39, 0.29) is 0 Å². The molecule has 100 valence electrons. The molecule has 1 aliphatic rings. The molecule has 1 aliphatic carbocycles. The van der Waals surface area contributed by atoms with E-state index in [0.717, 1.165) is 11.5 Å². The molecule has 1 aromatic rings. The Morgan fingerprint density at radius 3 is 2.56 bits per heavy atom. The van der Waals surface area contributed by atoms with Crippen LogP contribution in [0.15, 0.2) is 12.1 Å². The smallest absolute Gasteiger partial charge is 0.151 e. The number of likely N-dealkylation sites (N-methyl/N-ethyl adjacent to an activating group) is 1. The van der Waals surface area contributed by atoms with Gasteiger partial charge in [-0.25, -0.2) is 0 Å². The Morgan fingerprint density at radius 1 is 1.28 bits per heavy atom. The fourth-order valence-corrected chi connectivity index (χ4v) is 2.52. The van der Waals surface area contributed by atoms with Crippen LogP contribution < -0.4 is 10.6 Å².